The van der Waals surface area contributed by atoms with E-state index in [0.717, 1.165) is 48.2 Å². The number of aryl methyl sites for hydroxylation is 3. The highest BCUT2D eigenvalue weighted by atomic mass is 35.5. The van der Waals surface area contributed by atoms with Crippen molar-refractivity contribution in [3.05, 3.63) is 51.4 Å². The Labute approximate surface area is 180 Å². The zero-order chi connectivity index (χ0) is 21.4. The van der Waals surface area contributed by atoms with E-state index in [1.807, 2.05) is 31.2 Å². The number of nitrogens with one attached hydrogen (secondary N) is 2. The molecule has 0 saturated carbocycles. The number of aromatic nitrogens is 2. The molecular formula is C22H26ClN5O2. The lowest BCUT2D eigenvalue weighted by Gasteiger charge is -2.30. The molecule has 1 fully saturated rings. The van der Waals surface area contributed by atoms with Crippen molar-refractivity contribution >= 4 is 45.7 Å². The zero-order valence-corrected chi connectivity index (χ0v) is 18.2. The molecule has 4 rings (SSSR count). The normalized spacial score (nSPS) is 14.2. The van der Waals surface area contributed by atoms with Crippen LogP contribution in [0.3, 0.4) is 0 Å². The number of anilines is 3. The Morgan fingerprint density at radius 3 is 2.23 bits per heavy atom. The van der Waals surface area contributed by atoms with Gasteiger partial charge in [-0.25, -0.2) is 9.59 Å². The molecule has 0 spiro atoms. The Morgan fingerprint density at radius 1 is 0.933 bits per heavy atom. The van der Waals surface area contributed by atoms with E-state index in [2.05, 4.69) is 15.5 Å². The summed E-state index contributed by atoms with van der Waals surface area (Å²) in [5.74, 6) is 0. The maximum atomic E-state index is 12.8. The highest BCUT2D eigenvalue weighted by Gasteiger charge is 2.20. The van der Waals surface area contributed by atoms with Crippen molar-refractivity contribution in [2.45, 2.75) is 26.2 Å². The smallest absolute Gasteiger partial charge is 0.328 e. The molecule has 0 radical (unpaired) electrons. The minimum absolute atomic E-state index is 0.0948. The summed E-state index contributed by atoms with van der Waals surface area (Å²) in [5.41, 5.74) is 4.69. The maximum Gasteiger partial charge on any atom is 0.328 e. The first-order valence-corrected chi connectivity index (χ1v) is 10.5. The number of amides is 2. The Morgan fingerprint density at radius 2 is 1.57 bits per heavy atom. The number of benzene rings is 2. The van der Waals surface area contributed by atoms with E-state index < -0.39 is 0 Å². The van der Waals surface area contributed by atoms with Gasteiger partial charge in [0.15, 0.2) is 0 Å². The van der Waals surface area contributed by atoms with Crippen molar-refractivity contribution in [1.82, 2.24) is 9.13 Å². The van der Waals surface area contributed by atoms with Crippen LogP contribution in [0.2, 0.25) is 5.02 Å². The second-order valence-corrected chi connectivity index (χ2v) is 8.28. The second kappa shape index (κ2) is 8.07. The number of imidazole rings is 1. The minimum Gasteiger partial charge on any atom is -0.370 e. The number of nitrogens with zero attached hydrogens (tertiary/aromatic N) is 3. The number of hydrogen-bond acceptors (Lipinski definition) is 3. The van der Waals surface area contributed by atoms with Gasteiger partial charge in [0.25, 0.3) is 0 Å². The van der Waals surface area contributed by atoms with E-state index in [4.69, 9.17) is 11.6 Å². The van der Waals surface area contributed by atoms with Crippen molar-refractivity contribution in [3.8, 4) is 0 Å². The number of fused-ring (bicyclic) bond motifs is 1. The molecule has 3 aromatic rings. The van der Waals surface area contributed by atoms with Gasteiger partial charge in [0, 0.05) is 27.2 Å². The molecule has 0 aliphatic carbocycles. The number of carbonyl (C=O) groups is 1. The number of halogens is 1. The molecule has 2 N–H and O–H groups in total. The predicted molar refractivity (Wildman–Crippen MR) is 123 cm³/mol. The monoisotopic (exact) mass is 427 g/mol. The molecule has 1 aliphatic rings. The lowest BCUT2D eigenvalue weighted by Crippen LogP contribution is -2.31. The van der Waals surface area contributed by atoms with E-state index in [1.54, 1.807) is 29.3 Å². The zero-order valence-electron chi connectivity index (χ0n) is 17.5. The van der Waals surface area contributed by atoms with Crippen LogP contribution in [0.25, 0.3) is 11.0 Å². The molecular weight excluding hydrogens is 402 g/mol. The minimum atomic E-state index is -0.376. The first-order valence-electron chi connectivity index (χ1n) is 10.1. The summed E-state index contributed by atoms with van der Waals surface area (Å²) in [7, 11) is 3.50. The second-order valence-electron chi connectivity index (χ2n) is 7.87. The molecule has 1 aromatic heterocycles. The average Bonchev–Trinajstić information content (AvgIpc) is 2.94. The molecule has 1 saturated heterocycles. The average molecular weight is 428 g/mol. The number of urea groups is 1. The van der Waals surface area contributed by atoms with Crippen LogP contribution in [0.1, 0.15) is 24.8 Å². The van der Waals surface area contributed by atoms with Gasteiger partial charge in [0.05, 0.1) is 33.1 Å². The largest absolute Gasteiger partial charge is 0.370 e. The molecule has 158 valence electrons. The van der Waals surface area contributed by atoms with Gasteiger partial charge in [-0.15, -0.1) is 0 Å². The van der Waals surface area contributed by atoms with E-state index in [1.165, 1.54) is 6.42 Å². The summed E-state index contributed by atoms with van der Waals surface area (Å²) in [6.07, 6.45) is 3.42. The van der Waals surface area contributed by atoms with Crippen LogP contribution in [0.5, 0.6) is 0 Å². The van der Waals surface area contributed by atoms with Gasteiger partial charge >= 0.3 is 11.7 Å². The molecule has 1 aliphatic heterocycles. The van der Waals surface area contributed by atoms with Gasteiger partial charge in [0.1, 0.15) is 0 Å². The molecule has 8 heteroatoms. The summed E-state index contributed by atoms with van der Waals surface area (Å²) >= 11 is 6.26. The molecule has 30 heavy (non-hydrogen) atoms. The fourth-order valence-electron chi connectivity index (χ4n) is 4.03. The van der Waals surface area contributed by atoms with Gasteiger partial charge in [-0.2, -0.15) is 0 Å². The van der Waals surface area contributed by atoms with Crippen molar-refractivity contribution in [1.29, 1.82) is 0 Å². The van der Waals surface area contributed by atoms with Crippen LogP contribution < -0.4 is 21.2 Å². The Hall–Kier alpha value is -2.93. The first-order chi connectivity index (χ1) is 14.3. The van der Waals surface area contributed by atoms with Crippen molar-refractivity contribution in [3.63, 3.8) is 0 Å². The quantitative estimate of drug-likeness (QED) is 0.647. The van der Waals surface area contributed by atoms with Crippen molar-refractivity contribution in [2.75, 3.05) is 28.6 Å². The molecule has 0 unspecified atom stereocenters. The van der Waals surface area contributed by atoms with Gasteiger partial charge in [-0.05, 0) is 56.0 Å². The third kappa shape index (κ3) is 3.77. The van der Waals surface area contributed by atoms with Crippen LogP contribution in [0.15, 0.2) is 35.1 Å². The highest BCUT2D eigenvalue weighted by Crippen LogP contribution is 2.33. The fourth-order valence-corrected chi connectivity index (χ4v) is 4.31. The number of rotatable bonds is 3. The lowest BCUT2D eigenvalue weighted by molar-refractivity contribution is 0.262. The fraction of sp³-hybridized carbons (Fsp3) is 0.364. The topological polar surface area (TPSA) is 71.3 Å². The molecule has 0 bridgehead atoms. The van der Waals surface area contributed by atoms with Crippen molar-refractivity contribution < 1.29 is 4.79 Å². The lowest BCUT2D eigenvalue weighted by atomic mass is 10.1. The summed E-state index contributed by atoms with van der Waals surface area (Å²) < 4.78 is 3.23. The third-order valence-corrected chi connectivity index (χ3v) is 6.02. The number of carbonyl (C=O) groups excluding carboxylic acids is 1. The Bertz CT molecular complexity index is 1170. The molecule has 0 atom stereocenters. The first kappa shape index (κ1) is 20.3. The van der Waals surface area contributed by atoms with Gasteiger partial charge in [-0.3, -0.25) is 9.13 Å². The van der Waals surface area contributed by atoms with Gasteiger partial charge in [0.2, 0.25) is 0 Å². The molecule has 2 aromatic carbocycles. The van der Waals surface area contributed by atoms with Crippen LogP contribution in [0.4, 0.5) is 21.9 Å². The van der Waals surface area contributed by atoms with Crippen LogP contribution >= 0.6 is 11.6 Å². The number of piperidine rings is 1. The van der Waals surface area contributed by atoms with Crippen molar-refractivity contribution in [2.24, 2.45) is 14.1 Å². The highest BCUT2D eigenvalue weighted by molar-refractivity contribution is 6.33. The summed E-state index contributed by atoms with van der Waals surface area (Å²) in [5, 5.41) is 6.28. The summed E-state index contributed by atoms with van der Waals surface area (Å²) in [4.78, 5) is 27.5. The number of hydrogen-bond donors (Lipinski definition) is 2. The van der Waals surface area contributed by atoms with E-state index >= 15 is 0 Å². The molecule has 2 heterocycles. The predicted octanol–water partition coefficient (Wildman–Crippen LogP) is 4.47. The van der Waals surface area contributed by atoms with Crippen LogP contribution in [0, 0.1) is 6.92 Å². The van der Waals surface area contributed by atoms with Crippen LogP contribution in [-0.4, -0.2) is 28.3 Å². The van der Waals surface area contributed by atoms with E-state index in [-0.39, 0.29) is 11.7 Å². The maximum absolute atomic E-state index is 12.8. The standard InChI is InChI=1S/C22H26ClN5O2/c1-14-7-8-16(15(23)11-14)24-21(29)25-17-12-19-20(27(3)22(30)26(19)2)13-18(17)28-9-5-4-6-10-28/h7-8,11-13H,4-6,9-10H2,1-3H3,(H2,24,25,29). The molecule has 2 amide bonds. The van der Waals surface area contributed by atoms with Gasteiger partial charge in [-0.1, -0.05) is 17.7 Å². The SMILES string of the molecule is Cc1ccc(NC(=O)Nc2cc3c(cc2N2CCCCC2)n(C)c(=O)n3C)c(Cl)c1. The van der Waals surface area contributed by atoms with Gasteiger partial charge < -0.3 is 15.5 Å². The summed E-state index contributed by atoms with van der Waals surface area (Å²) in [6, 6.07) is 8.98. The Kier molecular flexibility index (Phi) is 5.47. The summed E-state index contributed by atoms with van der Waals surface area (Å²) in [6.45, 7) is 3.79. The van der Waals surface area contributed by atoms with E-state index in [9.17, 15) is 9.59 Å². The Balaban J connectivity index is 1.71. The molecule has 7 nitrogen and oxygen atoms in total. The van der Waals surface area contributed by atoms with E-state index in [0.29, 0.717) is 16.4 Å². The third-order valence-electron chi connectivity index (χ3n) is 5.71. The van der Waals surface area contributed by atoms with Crippen LogP contribution in [-0.2, 0) is 14.1 Å².